The molecule has 0 aliphatic carbocycles. The molecule has 0 atom stereocenters. The SMILES string of the molecule is Cc1ccc(C(/C=C/N(C)C)=N/n2c(-c3ccccc3)cc(-c3ccccc3)cc2=O)cc1. The minimum absolute atomic E-state index is 0.182. The Labute approximate surface area is 194 Å². The van der Waals surface area contributed by atoms with E-state index in [9.17, 15) is 4.79 Å². The molecule has 0 saturated heterocycles. The number of hydrogen-bond donors (Lipinski definition) is 0. The first-order valence-corrected chi connectivity index (χ1v) is 10.9. The van der Waals surface area contributed by atoms with Crippen molar-refractivity contribution >= 4 is 5.71 Å². The fourth-order valence-corrected chi connectivity index (χ4v) is 3.52. The van der Waals surface area contributed by atoms with Crippen molar-refractivity contribution in [3.05, 3.63) is 131 Å². The van der Waals surface area contributed by atoms with Crippen molar-refractivity contribution in [3.63, 3.8) is 0 Å². The normalized spacial score (nSPS) is 11.7. The van der Waals surface area contributed by atoms with Crippen LogP contribution >= 0.6 is 0 Å². The van der Waals surface area contributed by atoms with Crippen LogP contribution < -0.4 is 5.56 Å². The monoisotopic (exact) mass is 433 g/mol. The summed E-state index contributed by atoms with van der Waals surface area (Å²) in [4.78, 5) is 15.3. The van der Waals surface area contributed by atoms with Crippen LogP contribution in [0.25, 0.3) is 22.4 Å². The van der Waals surface area contributed by atoms with Gasteiger partial charge in [0.25, 0.3) is 5.56 Å². The molecule has 4 aromatic rings. The highest BCUT2D eigenvalue weighted by atomic mass is 16.1. The molecule has 0 amide bonds. The second-order valence-electron chi connectivity index (χ2n) is 8.14. The molecule has 3 aromatic carbocycles. The van der Waals surface area contributed by atoms with E-state index in [2.05, 4.69) is 6.92 Å². The lowest BCUT2D eigenvalue weighted by Gasteiger charge is -2.13. The average molecular weight is 434 g/mol. The van der Waals surface area contributed by atoms with E-state index in [1.807, 2.05) is 122 Å². The summed E-state index contributed by atoms with van der Waals surface area (Å²) in [5.41, 5.74) is 6.16. The van der Waals surface area contributed by atoms with E-state index < -0.39 is 0 Å². The third-order valence-electron chi connectivity index (χ3n) is 5.27. The van der Waals surface area contributed by atoms with Crippen LogP contribution in [0.4, 0.5) is 0 Å². The van der Waals surface area contributed by atoms with E-state index in [-0.39, 0.29) is 5.56 Å². The quantitative estimate of drug-likeness (QED) is 0.360. The first kappa shape index (κ1) is 22.0. The van der Waals surface area contributed by atoms with Crippen molar-refractivity contribution in [2.75, 3.05) is 14.1 Å². The number of rotatable bonds is 6. The van der Waals surface area contributed by atoms with Crippen LogP contribution in [0.2, 0.25) is 0 Å². The Morgan fingerprint density at radius 3 is 2.00 bits per heavy atom. The fraction of sp³-hybridized carbons (Fsp3) is 0.103. The van der Waals surface area contributed by atoms with Gasteiger partial charge in [-0.2, -0.15) is 9.78 Å². The molecule has 164 valence electrons. The van der Waals surface area contributed by atoms with Crippen LogP contribution in [-0.4, -0.2) is 29.4 Å². The smallest absolute Gasteiger partial charge is 0.272 e. The number of nitrogens with zero attached hydrogens (tertiary/aromatic N) is 3. The number of hydrogen-bond acceptors (Lipinski definition) is 3. The second-order valence-corrected chi connectivity index (χ2v) is 8.14. The average Bonchev–Trinajstić information content (AvgIpc) is 2.84. The van der Waals surface area contributed by atoms with Crippen LogP contribution in [0.5, 0.6) is 0 Å². The molecule has 0 N–H and O–H groups in total. The second kappa shape index (κ2) is 9.96. The van der Waals surface area contributed by atoms with Gasteiger partial charge in [-0.1, -0.05) is 90.5 Å². The fourth-order valence-electron chi connectivity index (χ4n) is 3.52. The Kier molecular flexibility index (Phi) is 6.65. The minimum Gasteiger partial charge on any atom is -0.383 e. The molecular weight excluding hydrogens is 406 g/mol. The van der Waals surface area contributed by atoms with E-state index >= 15 is 0 Å². The molecule has 0 bridgehead atoms. The van der Waals surface area contributed by atoms with Gasteiger partial charge in [0.2, 0.25) is 0 Å². The lowest BCUT2D eigenvalue weighted by Crippen LogP contribution is -2.19. The Hall–Kier alpha value is -4.18. The minimum atomic E-state index is -0.182. The van der Waals surface area contributed by atoms with Gasteiger partial charge in [0.05, 0.1) is 11.4 Å². The lowest BCUT2D eigenvalue weighted by molar-refractivity contribution is 0.564. The van der Waals surface area contributed by atoms with Crippen LogP contribution in [0.15, 0.2) is 119 Å². The zero-order valence-electron chi connectivity index (χ0n) is 19.1. The van der Waals surface area contributed by atoms with Gasteiger partial charge in [-0.25, -0.2) is 0 Å². The van der Waals surface area contributed by atoms with Gasteiger partial charge >= 0.3 is 0 Å². The van der Waals surface area contributed by atoms with Gasteiger partial charge in [0.1, 0.15) is 0 Å². The summed E-state index contributed by atoms with van der Waals surface area (Å²) >= 11 is 0. The van der Waals surface area contributed by atoms with Gasteiger partial charge in [-0.15, -0.1) is 0 Å². The van der Waals surface area contributed by atoms with E-state index in [4.69, 9.17) is 5.10 Å². The van der Waals surface area contributed by atoms with Gasteiger partial charge in [0, 0.05) is 37.5 Å². The maximum atomic E-state index is 13.4. The first-order valence-electron chi connectivity index (χ1n) is 10.9. The Bertz CT molecular complexity index is 1330. The standard InChI is InChI=1S/C29H27N3O/c1-22-14-16-24(17-15-22)27(18-19-31(2)3)30-32-28(25-12-8-5-9-13-25)20-26(21-29(32)33)23-10-6-4-7-11-23/h4-21H,1-3H3/b19-18+,30-27+. The number of benzene rings is 3. The number of allylic oxidation sites excluding steroid dienone is 1. The topological polar surface area (TPSA) is 37.6 Å². The summed E-state index contributed by atoms with van der Waals surface area (Å²) in [6, 6.07) is 31.7. The lowest BCUT2D eigenvalue weighted by atomic mass is 10.0. The molecule has 4 rings (SSSR count). The van der Waals surface area contributed by atoms with Crippen LogP contribution in [0.1, 0.15) is 11.1 Å². The van der Waals surface area contributed by atoms with Gasteiger partial charge in [0.15, 0.2) is 0 Å². The highest BCUT2D eigenvalue weighted by Crippen LogP contribution is 2.25. The summed E-state index contributed by atoms with van der Waals surface area (Å²) in [6.45, 7) is 2.05. The molecule has 0 aliphatic heterocycles. The van der Waals surface area contributed by atoms with Crippen molar-refractivity contribution < 1.29 is 0 Å². The van der Waals surface area contributed by atoms with Gasteiger partial charge in [-0.05, 0) is 30.2 Å². The molecular formula is C29H27N3O. The predicted molar refractivity (Wildman–Crippen MR) is 138 cm³/mol. The summed E-state index contributed by atoms with van der Waals surface area (Å²) in [5, 5.41) is 4.85. The highest BCUT2D eigenvalue weighted by Gasteiger charge is 2.11. The van der Waals surface area contributed by atoms with Gasteiger partial charge < -0.3 is 4.90 Å². The van der Waals surface area contributed by atoms with Crippen molar-refractivity contribution in [2.45, 2.75) is 6.92 Å². The maximum absolute atomic E-state index is 13.4. The number of aromatic nitrogens is 1. The van der Waals surface area contributed by atoms with Crippen LogP contribution in [0.3, 0.4) is 0 Å². The van der Waals surface area contributed by atoms with E-state index in [1.54, 1.807) is 6.07 Å². The molecule has 0 aliphatic rings. The molecule has 1 aromatic heterocycles. The predicted octanol–water partition coefficient (Wildman–Crippen LogP) is 5.82. The molecule has 0 spiro atoms. The number of pyridine rings is 1. The Morgan fingerprint density at radius 2 is 1.39 bits per heavy atom. The zero-order chi connectivity index (χ0) is 23.2. The molecule has 33 heavy (non-hydrogen) atoms. The Morgan fingerprint density at radius 1 is 0.788 bits per heavy atom. The molecule has 0 saturated carbocycles. The van der Waals surface area contributed by atoms with E-state index in [0.29, 0.717) is 5.71 Å². The summed E-state index contributed by atoms with van der Waals surface area (Å²) in [5.74, 6) is 0. The molecule has 4 nitrogen and oxygen atoms in total. The van der Waals surface area contributed by atoms with Crippen LogP contribution in [0, 0.1) is 6.92 Å². The molecule has 0 unspecified atom stereocenters. The van der Waals surface area contributed by atoms with Crippen molar-refractivity contribution in [3.8, 4) is 22.4 Å². The van der Waals surface area contributed by atoms with Crippen LogP contribution in [-0.2, 0) is 0 Å². The van der Waals surface area contributed by atoms with E-state index in [0.717, 1.165) is 27.9 Å². The number of aryl methyl sites for hydroxylation is 1. The Balaban J connectivity index is 1.95. The summed E-state index contributed by atoms with van der Waals surface area (Å²) in [7, 11) is 3.92. The summed E-state index contributed by atoms with van der Waals surface area (Å²) in [6.07, 6.45) is 3.86. The molecule has 0 radical (unpaired) electrons. The van der Waals surface area contributed by atoms with Crippen molar-refractivity contribution in [1.82, 2.24) is 9.58 Å². The first-order chi connectivity index (χ1) is 16.0. The summed E-state index contributed by atoms with van der Waals surface area (Å²) < 4.78 is 1.50. The van der Waals surface area contributed by atoms with Crippen molar-refractivity contribution in [1.29, 1.82) is 0 Å². The highest BCUT2D eigenvalue weighted by molar-refractivity contribution is 6.08. The third-order valence-corrected chi connectivity index (χ3v) is 5.27. The zero-order valence-corrected chi connectivity index (χ0v) is 19.1. The van der Waals surface area contributed by atoms with E-state index in [1.165, 1.54) is 10.2 Å². The van der Waals surface area contributed by atoms with Crippen molar-refractivity contribution in [2.24, 2.45) is 5.10 Å². The van der Waals surface area contributed by atoms with Gasteiger partial charge in [-0.3, -0.25) is 4.79 Å². The third kappa shape index (κ3) is 5.36. The molecule has 4 heteroatoms. The molecule has 0 fully saturated rings. The largest absolute Gasteiger partial charge is 0.383 e. The maximum Gasteiger partial charge on any atom is 0.272 e. The molecule has 1 heterocycles.